The number of halogens is 1. The Bertz CT molecular complexity index is 653. The normalized spacial score (nSPS) is 19.1. The van der Waals surface area contributed by atoms with Gasteiger partial charge in [-0.1, -0.05) is 6.07 Å². The van der Waals surface area contributed by atoms with Gasteiger partial charge in [-0.2, -0.15) is 0 Å². The summed E-state index contributed by atoms with van der Waals surface area (Å²) in [7, 11) is 0. The molecule has 0 aromatic heterocycles. The van der Waals surface area contributed by atoms with Gasteiger partial charge in [0.05, 0.1) is 5.57 Å². The minimum absolute atomic E-state index is 0. The number of nitrogens with two attached hydrogens (primary N) is 1. The number of ether oxygens (including phenoxy) is 2. The molecular weight excluding hydrogens is 320 g/mol. The van der Waals surface area contributed by atoms with E-state index in [1.165, 1.54) is 4.90 Å². The van der Waals surface area contributed by atoms with Crippen molar-refractivity contribution in [2.24, 2.45) is 0 Å². The Morgan fingerprint density at radius 3 is 2.57 bits per heavy atom. The molecule has 7 heteroatoms. The molecule has 1 aromatic rings. The van der Waals surface area contributed by atoms with Gasteiger partial charge < -0.3 is 15.2 Å². The van der Waals surface area contributed by atoms with Crippen LogP contribution < -0.4 is 10.5 Å². The van der Waals surface area contributed by atoms with Crippen molar-refractivity contribution >= 4 is 29.9 Å². The van der Waals surface area contributed by atoms with Crippen molar-refractivity contribution in [1.82, 2.24) is 4.90 Å². The third kappa shape index (κ3) is 3.33. The molecule has 0 aliphatic carbocycles. The van der Waals surface area contributed by atoms with Gasteiger partial charge in [-0.3, -0.25) is 14.5 Å². The molecule has 2 N–H and O–H groups in total. The lowest BCUT2D eigenvalue weighted by atomic mass is 10.1. The minimum Gasteiger partial charge on any atom is -0.451 e. The molecule has 23 heavy (non-hydrogen) atoms. The van der Waals surface area contributed by atoms with Crippen LogP contribution in [0.3, 0.4) is 0 Å². The first-order valence-corrected chi connectivity index (χ1v) is 7.28. The van der Waals surface area contributed by atoms with Gasteiger partial charge in [0.25, 0.3) is 11.8 Å². The third-order valence-corrected chi connectivity index (χ3v) is 3.93. The lowest BCUT2D eigenvalue weighted by Gasteiger charge is -2.29. The van der Waals surface area contributed by atoms with Crippen LogP contribution in [0.2, 0.25) is 0 Å². The Kier molecular flexibility index (Phi) is 5.28. The van der Waals surface area contributed by atoms with Gasteiger partial charge in [-0.25, -0.2) is 0 Å². The van der Waals surface area contributed by atoms with Crippen LogP contribution in [0, 0.1) is 0 Å². The van der Waals surface area contributed by atoms with Gasteiger partial charge in [-0.05, 0) is 31.9 Å². The fourth-order valence-corrected chi connectivity index (χ4v) is 2.73. The number of carbonyl (C=O) groups is 2. The maximum absolute atomic E-state index is 12.6. The highest BCUT2D eigenvalue weighted by Gasteiger charge is 2.42. The summed E-state index contributed by atoms with van der Waals surface area (Å²) in [6, 6.07) is 6.66. The van der Waals surface area contributed by atoms with Gasteiger partial charge in [0.15, 0.2) is 0 Å². The number of carbonyl (C=O) groups excluding carboxylic acids is 2. The fraction of sp³-hybridized carbons (Fsp3) is 0.375. The number of nitrogens with zero attached hydrogens (tertiary/aromatic N) is 1. The van der Waals surface area contributed by atoms with Gasteiger partial charge >= 0.3 is 0 Å². The van der Waals surface area contributed by atoms with E-state index < -0.39 is 0 Å². The summed E-state index contributed by atoms with van der Waals surface area (Å²) < 4.78 is 10.9. The summed E-state index contributed by atoms with van der Waals surface area (Å²) in [5, 5.41) is 0. The first-order valence-electron chi connectivity index (χ1n) is 7.28. The Hall–Kier alpha value is -2.05. The molecule has 0 spiro atoms. The first-order chi connectivity index (χ1) is 10.6. The van der Waals surface area contributed by atoms with Crippen LogP contribution in [0.15, 0.2) is 35.6 Å². The zero-order chi connectivity index (χ0) is 15.7. The Balaban J connectivity index is 0.00000192. The number of imide groups is 1. The summed E-state index contributed by atoms with van der Waals surface area (Å²) in [6.07, 6.45) is 1.33. The molecule has 2 heterocycles. The van der Waals surface area contributed by atoms with Gasteiger partial charge in [-0.15, -0.1) is 12.4 Å². The van der Waals surface area contributed by atoms with Crippen molar-refractivity contribution in [2.45, 2.75) is 25.8 Å². The standard InChI is InChI=1S/C16H18N2O4.ClH/c1-10-14(22-13-4-2-3-11(17)9-13)16(20)18(15(10)19)12-5-7-21-8-6-12;/h2-4,9,12H,5-8,17H2,1H3;1H. The average molecular weight is 339 g/mol. The lowest BCUT2D eigenvalue weighted by molar-refractivity contribution is -0.143. The van der Waals surface area contributed by atoms with Crippen molar-refractivity contribution in [3.63, 3.8) is 0 Å². The average Bonchev–Trinajstić information content (AvgIpc) is 2.72. The van der Waals surface area contributed by atoms with Crippen LogP contribution in [-0.4, -0.2) is 36.0 Å². The molecule has 1 fully saturated rings. The third-order valence-electron chi connectivity index (χ3n) is 3.93. The van der Waals surface area contributed by atoms with E-state index in [1.54, 1.807) is 31.2 Å². The molecule has 124 valence electrons. The predicted molar refractivity (Wildman–Crippen MR) is 87.1 cm³/mol. The Morgan fingerprint density at radius 1 is 1.22 bits per heavy atom. The van der Waals surface area contributed by atoms with Crippen molar-refractivity contribution in [2.75, 3.05) is 18.9 Å². The smallest absolute Gasteiger partial charge is 0.297 e. The topological polar surface area (TPSA) is 81.9 Å². The predicted octanol–water partition coefficient (Wildman–Crippen LogP) is 1.89. The highest BCUT2D eigenvalue weighted by molar-refractivity contribution is 6.18. The number of rotatable bonds is 3. The number of nitrogen functional groups attached to an aromatic ring is 1. The van der Waals surface area contributed by atoms with Crippen LogP contribution in [-0.2, 0) is 14.3 Å². The summed E-state index contributed by atoms with van der Waals surface area (Å²) in [6.45, 7) is 2.74. The zero-order valence-electron chi connectivity index (χ0n) is 12.8. The van der Waals surface area contributed by atoms with E-state index in [9.17, 15) is 9.59 Å². The summed E-state index contributed by atoms with van der Waals surface area (Å²) in [4.78, 5) is 26.3. The molecule has 2 aliphatic heterocycles. The van der Waals surface area contributed by atoms with E-state index >= 15 is 0 Å². The zero-order valence-corrected chi connectivity index (χ0v) is 13.6. The van der Waals surface area contributed by atoms with E-state index in [-0.39, 0.29) is 36.0 Å². The van der Waals surface area contributed by atoms with Crippen LogP contribution in [0.1, 0.15) is 19.8 Å². The maximum atomic E-state index is 12.6. The van der Waals surface area contributed by atoms with Crippen LogP contribution in [0.25, 0.3) is 0 Å². The number of anilines is 1. The van der Waals surface area contributed by atoms with Crippen molar-refractivity contribution in [1.29, 1.82) is 0 Å². The van der Waals surface area contributed by atoms with Crippen LogP contribution in [0.5, 0.6) is 5.75 Å². The molecule has 0 saturated carbocycles. The number of hydrogen-bond acceptors (Lipinski definition) is 5. The highest BCUT2D eigenvalue weighted by Crippen LogP contribution is 2.29. The second-order valence-corrected chi connectivity index (χ2v) is 5.45. The largest absolute Gasteiger partial charge is 0.451 e. The van der Waals surface area contributed by atoms with Crippen LogP contribution >= 0.6 is 12.4 Å². The van der Waals surface area contributed by atoms with E-state index in [0.29, 0.717) is 43.1 Å². The maximum Gasteiger partial charge on any atom is 0.297 e. The van der Waals surface area contributed by atoms with Gasteiger partial charge in [0.1, 0.15) is 5.75 Å². The van der Waals surface area contributed by atoms with Gasteiger partial charge in [0, 0.05) is 31.0 Å². The lowest BCUT2D eigenvalue weighted by Crippen LogP contribution is -2.44. The monoisotopic (exact) mass is 338 g/mol. The molecule has 2 amide bonds. The molecule has 0 radical (unpaired) electrons. The Morgan fingerprint density at radius 2 is 1.91 bits per heavy atom. The second kappa shape index (κ2) is 7.02. The van der Waals surface area contributed by atoms with E-state index in [1.807, 2.05) is 0 Å². The van der Waals surface area contributed by atoms with E-state index in [2.05, 4.69) is 0 Å². The molecular formula is C16H19ClN2O4. The number of hydrogen-bond donors (Lipinski definition) is 1. The molecule has 0 atom stereocenters. The Labute approximate surface area is 140 Å². The van der Waals surface area contributed by atoms with E-state index in [4.69, 9.17) is 15.2 Å². The highest BCUT2D eigenvalue weighted by atomic mass is 35.5. The first kappa shape index (κ1) is 17.3. The quantitative estimate of drug-likeness (QED) is 0.672. The van der Waals surface area contributed by atoms with Crippen LogP contribution in [0.4, 0.5) is 5.69 Å². The fourth-order valence-electron chi connectivity index (χ4n) is 2.73. The van der Waals surface area contributed by atoms with E-state index in [0.717, 1.165) is 0 Å². The SMILES string of the molecule is CC1=C(Oc2cccc(N)c2)C(=O)N(C2CCOCC2)C1=O.Cl. The molecule has 0 unspecified atom stereocenters. The molecule has 1 saturated heterocycles. The summed E-state index contributed by atoms with van der Waals surface area (Å²) >= 11 is 0. The van der Waals surface area contributed by atoms with Crippen molar-refractivity contribution < 1.29 is 19.1 Å². The van der Waals surface area contributed by atoms with Crippen molar-refractivity contribution in [3.05, 3.63) is 35.6 Å². The molecule has 1 aromatic carbocycles. The second-order valence-electron chi connectivity index (χ2n) is 5.45. The molecule has 3 rings (SSSR count). The molecule has 6 nitrogen and oxygen atoms in total. The minimum atomic E-state index is -0.378. The molecule has 0 bridgehead atoms. The number of benzene rings is 1. The van der Waals surface area contributed by atoms with Gasteiger partial charge in [0.2, 0.25) is 5.76 Å². The summed E-state index contributed by atoms with van der Waals surface area (Å²) in [5.41, 5.74) is 6.57. The number of amides is 2. The van der Waals surface area contributed by atoms with Crippen molar-refractivity contribution in [3.8, 4) is 5.75 Å². The summed E-state index contributed by atoms with van der Waals surface area (Å²) in [5.74, 6) is -0.126. The molecule has 2 aliphatic rings.